The summed E-state index contributed by atoms with van der Waals surface area (Å²) in [5.74, 6) is -1.22. The van der Waals surface area contributed by atoms with Crippen molar-refractivity contribution in [2.45, 2.75) is 33.7 Å². The molecule has 3 rings (SSSR count). The van der Waals surface area contributed by atoms with Crippen LogP contribution >= 0.6 is 0 Å². The topological polar surface area (TPSA) is 122 Å². The number of carbonyl (C=O) groups is 2. The highest BCUT2D eigenvalue weighted by Gasteiger charge is 2.18. The van der Waals surface area contributed by atoms with Crippen LogP contribution in [0.25, 0.3) is 5.95 Å². The van der Waals surface area contributed by atoms with Gasteiger partial charge in [-0.05, 0) is 25.8 Å². The number of carbonyl (C=O) groups excluding carboxylic acids is 2. The summed E-state index contributed by atoms with van der Waals surface area (Å²) in [7, 11) is 0. The quantitative estimate of drug-likeness (QED) is 0.565. The molecule has 0 aliphatic heterocycles. The summed E-state index contributed by atoms with van der Waals surface area (Å²) in [4.78, 5) is 43.2. The normalized spacial score (nSPS) is 10.6. The fraction of sp³-hybridized carbons (Fsp3) is 0.250. The standard InChI is InChI=1S/C20H22N6O3/c1-4-15-10-17(27)24-20(22-15)26-16(9-13(3)25-26)23-19(29)18(28)21-11-14-7-5-12(2)6-8-14/h5-10H,4,11H2,1-3H3,(H,21,28)(H,23,29)(H,22,24,27). The van der Waals surface area contributed by atoms with E-state index in [0.717, 1.165) is 11.1 Å². The highest BCUT2D eigenvalue weighted by atomic mass is 16.2. The molecule has 0 bridgehead atoms. The zero-order valence-corrected chi connectivity index (χ0v) is 16.4. The van der Waals surface area contributed by atoms with Gasteiger partial charge >= 0.3 is 11.8 Å². The van der Waals surface area contributed by atoms with Crippen LogP contribution in [0.3, 0.4) is 0 Å². The van der Waals surface area contributed by atoms with Gasteiger partial charge in [-0.3, -0.25) is 19.4 Å². The molecule has 0 aliphatic rings. The van der Waals surface area contributed by atoms with Crippen molar-refractivity contribution in [3.05, 3.63) is 69.3 Å². The highest BCUT2D eigenvalue weighted by molar-refractivity contribution is 6.39. The van der Waals surface area contributed by atoms with Crippen molar-refractivity contribution in [2.75, 3.05) is 5.32 Å². The Balaban J connectivity index is 1.74. The molecule has 0 atom stereocenters. The minimum Gasteiger partial charge on any atom is -0.344 e. The van der Waals surface area contributed by atoms with Gasteiger partial charge in [0.05, 0.1) is 5.69 Å². The van der Waals surface area contributed by atoms with Gasteiger partial charge in [0.1, 0.15) is 5.82 Å². The van der Waals surface area contributed by atoms with Crippen LogP contribution in [0.15, 0.2) is 41.2 Å². The van der Waals surface area contributed by atoms with Gasteiger partial charge < -0.3 is 10.6 Å². The summed E-state index contributed by atoms with van der Waals surface area (Å²) < 4.78 is 1.29. The number of hydrogen-bond donors (Lipinski definition) is 3. The third-order valence-electron chi connectivity index (χ3n) is 4.20. The average molecular weight is 394 g/mol. The van der Waals surface area contributed by atoms with Crippen molar-refractivity contribution in [1.82, 2.24) is 25.1 Å². The second-order valence-electron chi connectivity index (χ2n) is 6.62. The minimum absolute atomic E-state index is 0.165. The van der Waals surface area contributed by atoms with Gasteiger partial charge in [0.25, 0.3) is 5.56 Å². The molecule has 150 valence electrons. The molecule has 29 heavy (non-hydrogen) atoms. The molecule has 2 heterocycles. The largest absolute Gasteiger partial charge is 0.344 e. The van der Waals surface area contributed by atoms with Crippen LogP contribution in [0.1, 0.15) is 29.4 Å². The van der Waals surface area contributed by atoms with Gasteiger partial charge in [-0.15, -0.1) is 0 Å². The Kier molecular flexibility index (Phi) is 5.87. The number of aryl methyl sites for hydroxylation is 3. The lowest BCUT2D eigenvalue weighted by molar-refractivity contribution is -0.136. The zero-order valence-electron chi connectivity index (χ0n) is 16.4. The van der Waals surface area contributed by atoms with Crippen molar-refractivity contribution < 1.29 is 9.59 Å². The first-order valence-corrected chi connectivity index (χ1v) is 9.17. The van der Waals surface area contributed by atoms with E-state index >= 15 is 0 Å². The van der Waals surface area contributed by atoms with Crippen LogP contribution in [-0.2, 0) is 22.6 Å². The molecule has 3 N–H and O–H groups in total. The zero-order chi connectivity index (χ0) is 21.0. The van der Waals surface area contributed by atoms with Crippen LogP contribution in [-0.4, -0.2) is 31.6 Å². The molecule has 0 saturated heterocycles. The lowest BCUT2D eigenvalue weighted by Crippen LogP contribution is -2.35. The van der Waals surface area contributed by atoms with Crippen molar-refractivity contribution in [2.24, 2.45) is 0 Å². The Bertz CT molecular complexity index is 1100. The number of aromatic nitrogens is 4. The van der Waals surface area contributed by atoms with Gasteiger partial charge in [-0.25, -0.2) is 4.98 Å². The predicted molar refractivity (Wildman–Crippen MR) is 108 cm³/mol. The minimum atomic E-state index is -0.841. The number of rotatable bonds is 5. The van der Waals surface area contributed by atoms with Crippen LogP contribution in [0, 0.1) is 13.8 Å². The number of H-pyrrole nitrogens is 1. The smallest absolute Gasteiger partial charge is 0.314 e. The average Bonchev–Trinajstić information content (AvgIpc) is 3.06. The first-order chi connectivity index (χ1) is 13.9. The number of nitrogens with one attached hydrogen (secondary N) is 3. The molecule has 0 saturated carbocycles. The van der Waals surface area contributed by atoms with E-state index in [4.69, 9.17) is 0 Å². The molecule has 2 aromatic heterocycles. The Hall–Kier alpha value is -3.75. The summed E-state index contributed by atoms with van der Waals surface area (Å²) in [6.45, 7) is 5.81. The number of amides is 2. The second kappa shape index (κ2) is 8.51. The van der Waals surface area contributed by atoms with E-state index in [2.05, 4.69) is 25.7 Å². The van der Waals surface area contributed by atoms with Crippen LogP contribution in [0.2, 0.25) is 0 Å². The van der Waals surface area contributed by atoms with Crippen molar-refractivity contribution in [1.29, 1.82) is 0 Å². The van der Waals surface area contributed by atoms with Gasteiger partial charge in [0.15, 0.2) is 0 Å². The Morgan fingerprint density at radius 2 is 1.83 bits per heavy atom. The number of hydrogen-bond acceptors (Lipinski definition) is 5. The van der Waals surface area contributed by atoms with E-state index in [0.29, 0.717) is 17.8 Å². The third kappa shape index (κ3) is 4.95. The molecule has 2 amide bonds. The molecule has 9 heteroatoms. The lowest BCUT2D eigenvalue weighted by Gasteiger charge is -2.09. The van der Waals surface area contributed by atoms with Gasteiger partial charge in [0, 0.05) is 24.4 Å². The lowest BCUT2D eigenvalue weighted by atomic mass is 10.1. The van der Waals surface area contributed by atoms with Crippen LogP contribution in [0.5, 0.6) is 0 Å². The number of nitrogens with zero attached hydrogens (tertiary/aromatic N) is 3. The van der Waals surface area contributed by atoms with Gasteiger partial charge in [-0.2, -0.15) is 9.78 Å². The van der Waals surface area contributed by atoms with Crippen molar-refractivity contribution in [3.8, 4) is 5.95 Å². The summed E-state index contributed by atoms with van der Waals surface area (Å²) >= 11 is 0. The van der Waals surface area contributed by atoms with Crippen LogP contribution < -0.4 is 16.2 Å². The predicted octanol–water partition coefficient (Wildman–Crippen LogP) is 1.39. The number of anilines is 1. The van der Waals surface area contributed by atoms with E-state index in [1.54, 1.807) is 13.0 Å². The molecule has 0 spiro atoms. The molecular weight excluding hydrogens is 372 g/mol. The van der Waals surface area contributed by atoms with Crippen molar-refractivity contribution >= 4 is 17.6 Å². The number of aromatic amines is 1. The van der Waals surface area contributed by atoms with E-state index in [9.17, 15) is 14.4 Å². The van der Waals surface area contributed by atoms with E-state index in [-0.39, 0.29) is 23.9 Å². The molecular formula is C20H22N6O3. The molecule has 0 fully saturated rings. The summed E-state index contributed by atoms with van der Waals surface area (Å²) in [5.41, 5.74) is 2.85. The highest BCUT2D eigenvalue weighted by Crippen LogP contribution is 2.14. The maximum Gasteiger partial charge on any atom is 0.314 e. The molecule has 0 radical (unpaired) electrons. The Morgan fingerprint density at radius 1 is 1.10 bits per heavy atom. The fourth-order valence-corrected chi connectivity index (χ4v) is 2.67. The number of benzene rings is 1. The first kappa shape index (κ1) is 20.0. The van der Waals surface area contributed by atoms with E-state index in [1.807, 2.05) is 38.1 Å². The first-order valence-electron chi connectivity index (χ1n) is 9.17. The van der Waals surface area contributed by atoms with Gasteiger partial charge in [-0.1, -0.05) is 36.8 Å². The third-order valence-corrected chi connectivity index (χ3v) is 4.20. The molecule has 0 aliphatic carbocycles. The summed E-state index contributed by atoms with van der Waals surface area (Å²) in [5, 5.41) is 9.35. The molecule has 1 aromatic carbocycles. The molecule has 0 unspecified atom stereocenters. The monoisotopic (exact) mass is 394 g/mol. The Morgan fingerprint density at radius 3 is 2.52 bits per heavy atom. The Labute approximate surface area is 167 Å². The maximum absolute atomic E-state index is 12.3. The summed E-state index contributed by atoms with van der Waals surface area (Å²) in [6.07, 6.45) is 0.570. The second-order valence-corrected chi connectivity index (χ2v) is 6.62. The summed E-state index contributed by atoms with van der Waals surface area (Å²) in [6, 6.07) is 10.6. The fourth-order valence-electron chi connectivity index (χ4n) is 2.67. The molecule has 9 nitrogen and oxygen atoms in total. The SMILES string of the molecule is CCc1cc(=O)[nH]c(-n2nc(C)cc2NC(=O)C(=O)NCc2ccc(C)cc2)n1. The van der Waals surface area contributed by atoms with Crippen molar-refractivity contribution in [3.63, 3.8) is 0 Å². The maximum atomic E-state index is 12.3. The van der Waals surface area contributed by atoms with E-state index in [1.165, 1.54) is 10.7 Å². The van der Waals surface area contributed by atoms with Gasteiger partial charge in [0.2, 0.25) is 5.95 Å². The van der Waals surface area contributed by atoms with E-state index < -0.39 is 11.8 Å². The molecule has 3 aromatic rings. The van der Waals surface area contributed by atoms with Crippen LogP contribution in [0.4, 0.5) is 5.82 Å².